The van der Waals surface area contributed by atoms with E-state index in [0.29, 0.717) is 5.88 Å². The largest absolute Gasteiger partial charge is 0.488 e. The van der Waals surface area contributed by atoms with Gasteiger partial charge in [0.05, 0.1) is 19.6 Å². The fourth-order valence-electron chi connectivity index (χ4n) is 3.56. The number of carbonyl (C=O) groups excluding carboxylic acids is 1. The van der Waals surface area contributed by atoms with Crippen LogP contribution in [0.4, 0.5) is 0 Å². The first kappa shape index (κ1) is 19.7. The van der Waals surface area contributed by atoms with Crippen LogP contribution >= 0.6 is 11.6 Å². The third-order valence-corrected chi connectivity index (χ3v) is 5.71. The van der Waals surface area contributed by atoms with E-state index in [0.717, 1.165) is 51.9 Å². The van der Waals surface area contributed by atoms with Crippen molar-refractivity contribution in [1.29, 1.82) is 0 Å². The first-order valence-electron chi connectivity index (χ1n) is 9.72. The Labute approximate surface area is 174 Å². The topological polar surface area (TPSA) is 66.2 Å². The van der Waals surface area contributed by atoms with Crippen molar-refractivity contribution in [2.45, 2.75) is 44.1 Å². The molecule has 6 nitrogen and oxygen atoms in total. The molecule has 1 aliphatic carbocycles. The molecule has 0 saturated heterocycles. The number of alkyl halides is 1. The van der Waals surface area contributed by atoms with Gasteiger partial charge < -0.3 is 9.47 Å². The van der Waals surface area contributed by atoms with Gasteiger partial charge in [0, 0.05) is 18.8 Å². The Balaban J connectivity index is 1.83. The van der Waals surface area contributed by atoms with E-state index in [1.807, 2.05) is 38.2 Å². The molecule has 0 radical (unpaired) electrons. The summed E-state index contributed by atoms with van der Waals surface area (Å²) in [6.45, 7) is 2.03. The van der Waals surface area contributed by atoms with E-state index in [4.69, 9.17) is 21.1 Å². The lowest BCUT2D eigenvalue weighted by atomic mass is 9.86. The van der Waals surface area contributed by atoms with Crippen LogP contribution in [0.15, 0.2) is 30.3 Å². The van der Waals surface area contributed by atoms with Crippen molar-refractivity contribution in [1.82, 2.24) is 15.0 Å². The number of halogens is 1. The van der Waals surface area contributed by atoms with Gasteiger partial charge in [0.15, 0.2) is 0 Å². The predicted octanol–water partition coefficient (Wildman–Crippen LogP) is 4.25. The zero-order valence-corrected chi connectivity index (χ0v) is 17.6. The summed E-state index contributed by atoms with van der Waals surface area (Å²) in [5.41, 5.74) is 5.75. The molecule has 0 spiro atoms. The number of carbonyl (C=O) groups is 1. The third-order valence-electron chi connectivity index (χ3n) is 5.43. The number of fused-ring (bicyclic) bond motifs is 1. The van der Waals surface area contributed by atoms with E-state index in [-0.39, 0.29) is 24.4 Å². The zero-order chi connectivity index (χ0) is 20.5. The number of benzene rings is 2. The standard InChI is InChI=1S/C22H24ClN3O3/c1-13-4-5-14(8-16(13)12-23)18(11-21(27)28-3)15-9-19-22(26(2)25-24-19)20(10-15)29-17-6-7-17/h4-5,8-10,17-18H,6-7,11-12H2,1-3H3. The van der Waals surface area contributed by atoms with Crippen molar-refractivity contribution in [3.05, 3.63) is 52.6 Å². The van der Waals surface area contributed by atoms with Crippen molar-refractivity contribution < 1.29 is 14.3 Å². The van der Waals surface area contributed by atoms with Crippen LogP contribution in [-0.2, 0) is 22.5 Å². The molecule has 3 aromatic rings. The zero-order valence-electron chi connectivity index (χ0n) is 16.8. The van der Waals surface area contributed by atoms with Gasteiger partial charge in [0.2, 0.25) is 0 Å². The molecule has 0 aliphatic heterocycles. The highest BCUT2D eigenvalue weighted by molar-refractivity contribution is 6.17. The summed E-state index contributed by atoms with van der Waals surface area (Å²) in [5.74, 6) is 0.709. The molecule has 1 aromatic heterocycles. The Morgan fingerprint density at radius 1 is 1.28 bits per heavy atom. The molecule has 1 heterocycles. The lowest BCUT2D eigenvalue weighted by Crippen LogP contribution is -2.11. The number of esters is 1. The summed E-state index contributed by atoms with van der Waals surface area (Å²) >= 11 is 6.13. The van der Waals surface area contributed by atoms with Gasteiger partial charge in [0.1, 0.15) is 16.8 Å². The number of nitrogens with zero attached hydrogens (tertiary/aromatic N) is 3. The summed E-state index contributed by atoms with van der Waals surface area (Å²) in [6.07, 6.45) is 2.57. The molecule has 1 aliphatic rings. The summed E-state index contributed by atoms with van der Waals surface area (Å²) < 4.78 is 12.9. The number of ether oxygens (including phenoxy) is 2. The van der Waals surface area contributed by atoms with Gasteiger partial charge in [-0.15, -0.1) is 16.7 Å². The van der Waals surface area contributed by atoms with Crippen molar-refractivity contribution in [2.75, 3.05) is 7.11 Å². The highest BCUT2D eigenvalue weighted by Crippen LogP contribution is 2.37. The number of aromatic nitrogens is 3. The Morgan fingerprint density at radius 2 is 2.07 bits per heavy atom. The third kappa shape index (κ3) is 4.08. The molecular weight excluding hydrogens is 390 g/mol. The van der Waals surface area contributed by atoms with Gasteiger partial charge in [-0.05, 0) is 54.2 Å². The van der Waals surface area contributed by atoms with E-state index < -0.39 is 0 Å². The molecular formula is C22H24ClN3O3. The van der Waals surface area contributed by atoms with Crippen molar-refractivity contribution >= 4 is 28.6 Å². The fourth-order valence-corrected chi connectivity index (χ4v) is 3.85. The molecule has 0 N–H and O–H groups in total. The smallest absolute Gasteiger partial charge is 0.306 e. The van der Waals surface area contributed by atoms with Crippen molar-refractivity contribution in [3.8, 4) is 5.75 Å². The normalized spacial score (nSPS) is 14.8. The van der Waals surface area contributed by atoms with Gasteiger partial charge >= 0.3 is 5.97 Å². The average Bonchev–Trinajstić information content (AvgIpc) is 3.46. The second-order valence-electron chi connectivity index (χ2n) is 7.57. The first-order valence-corrected chi connectivity index (χ1v) is 10.3. The summed E-state index contributed by atoms with van der Waals surface area (Å²) in [5, 5.41) is 8.44. The number of hydrogen-bond acceptors (Lipinski definition) is 5. The molecule has 1 saturated carbocycles. The Bertz CT molecular complexity index is 1060. The van der Waals surface area contributed by atoms with E-state index in [2.05, 4.69) is 16.4 Å². The van der Waals surface area contributed by atoms with Gasteiger partial charge in [-0.25, -0.2) is 4.68 Å². The molecule has 7 heteroatoms. The summed E-state index contributed by atoms with van der Waals surface area (Å²) in [6, 6.07) is 10.1. The fraction of sp³-hybridized carbons (Fsp3) is 0.409. The average molecular weight is 414 g/mol. The van der Waals surface area contributed by atoms with E-state index >= 15 is 0 Å². The molecule has 4 rings (SSSR count). The second kappa shape index (κ2) is 8.03. The molecule has 1 unspecified atom stereocenters. The Morgan fingerprint density at radius 3 is 2.76 bits per heavy atom. The van der Waals surface area contributed by atoms with Crippen LogP contribution in [0.2, 0.25) is 0 Å². The van der Waals surface area contributed by atoms with Crippen LogP contribution in [0, 0.1) is 6.92 Å². The maximum absolute atomic E-state index is 12.2. The maximum atomic E-state index is 12.2. The lowest BCUT2D eigenvalue weighted by molar-refractivity contribution is -0.140. The van der Waals surface area contributed by atoms with Gasteiger partial charge in [-0.2, -0.15) is 0 Å². The van der Waals surface area contributed by atoms with Crippen LogP contribution in [0.5, 0.6) is 5.75 Å². The quantitative estimate of drug-likeness (QED) is 0.428. The molecule has 152 valence electrons. The van der Waals surface area contributed by atoms with Crippen LogP contribution in [0.25, 0.3) is 11.0 Å². The molecule has 1 fully saturated rings. The minimum Gasteiger partial charge on any atom is -0.488 e. The highest BCUT2D eigenvalue weighted by Gasteiger charge is 2.27. The molecule has 1 atom stereocenters. The van der Waals surface area contributed by atoms with Crippen LogP contribution in [-0.4, -0.2) is 34.2 Å². The lowest BCUT2D eigenvalue weighted by Gasteiger charge is -2.20. The van der Waals surface area contributed by atoms with Crippen LogP contribution in [0.1, 0.15) is 47.4 Å². The second-order valence-corrected chi connectivity index (χ2v) is 7.84. The van der Waals surface area contributed by atoms with E-state index in [1.54, 1.807) is 4.68 Å². The maximum Gasteiger partial charge on any atom is 0.306 e. The molecule has 0 amide bonds. The first-order chi connectivity index (χ1) is 14.0. The Hall–Kier alpha value is -2.60. The van der Waals surface area contributed by atoms with Crippen molar-refractivity contribution in [2.24, 2.45) is 7.05 Å². The van der Waals surface area contributed by atoms with E-state index in [1.165, 1.54) is 7.11 Å². The van der Waals surface area contributed by atoms with Gasteiger partial charge in [-0.3, -0.25) is 4.79 Å². The SMILES string of the molecule is COC(=O)CC(c1ccc(C)c(CCl)c1)c1cc(OC2CC2)c2c(c1)nnn2C. The summed E-state index contributed by atoms with van der Waals surface area (Å²) in [7, 11) is 3.26. The minimum atomic E-state index is -0.271. The molecule has 29 heavy (non-hydrogen) atoms. The number of aryl methyl sites for hydroxylation is 2. The molecule has 0 bridgehead atoms. The van der Waals surface area contributed by atoms with E-state index in [9.17, 15) is 4.79 Å². The van der Waals surface area contributed by atoms with Crippen molar-refractivity contribution in [3.63, 3.8) is 0 Å². The van der Waals surface area contributed by atoms with Gasteiger partial charge in [0.25, 0.3) is 0 Å². The number of methoxy groups -OCH3 is 1. The minimum absolute atomic E-state index is 0.196. The number of rotatable bonds is 7. The highest BCUT2D eigenvalue weighted by atomic mass is 35.5. The molecule has 2 aromatic carbocycles. The number of hydrogen-bond donors (Lipinski definition) is 0. The van der Waals surface area contributed by atoms with Crippen LogP contribution in [0.3, 0.4) is 0 Å². The monoisotopic (exact) mass is 413 g/mol. The Kier molecular flexibility index (Phi) is 5.46. The predicted molar refractivity (Wildman–Crippen MR) is 111 cm³/mol. The van der Waals surface area contributed by atoms with Crippen LogP contribution < -0.4 is 4.74 Å². The summed E-state index contributed by atoms with van der Waals surface area (Å²) in [4.78, 5) is 12.2. The van der Waals surface area contributed by atoms with Gasteiger partial charge in [-0.1, -0.05) is 23.4 Å².